The number of aromatic nitrogens is 1. The van der Waals surface area contributed by atoms with E-state index in [1.54, 1.807) is 13.3 Å². The smallest absolute Gasteiger partial charge is 0.256 e. The minimum absolute atomic E-state index is 0.158. The van der Waals surface area contributed by atoms with E-state index >= 15 is 0 Å². The molecule has 0 aliphatic carbocycles. The Kier molecular flexibility index (Phi) is 7.49. The number of amides is 1. The SMILES string of the molecule is CCCCOc1ncc(NC(=O)[C@](C)(CC(C)C)OC)cc1C. The predicted octanol–water partition coefficient (Wildman–Crippen LogP) is 3.96. The Labute approximate surface area is 139 Å². The largest absolute Gasteiger partial charge is 0.477 e. The zero-order valence-electron chi connectivity index (χ0n) is 15.2. The lowest BCUT2D eigenvalue weighted by Gasteiger charge is -2.28. The molecule has 5 nitrogen and oxygen atoms in total. The Morgan fingerprint density at radius 2 is 2.13 bits per heavy atom. The lowest BCUT2D eigenvalue weighted by atomic mass is 9.93. The molecule has 1 amide bonds. The number of anilines is 1. The van der Waals surface area contributed by atoms with Crippen molar-refractivity contribution in [2.24, 2.45) is 5.92 Å². The van der Waals surface area contributed by atoms with E-state index in [9.17, 15) is 4.79 Å². The molecule has 1 heterocycles. The van der Waals surface area contributed by atoms with E-state index in [4.69, 9.17) is 9.47 Å². The molecule has 0 radical (unpaired) electrons. The zero-order valence-corrected chi connectivity index (χ0v) is 15.2. The van der Waals surface area contributed by atoms with Crippen LogP contribution < -0.4 is 10.1 Å². The van der Waals surface area contributed by atoms with Crippen molar-refractivity contribution in [2.75, 3.05) is 19.0 Å². The van der Waals surface area contributed by atoms with Gasteiger partial charge in [0, 0.05) is 12.7 Å². The van der Waals surface area contributed by atoms with Crippen LogP contribution in [-0.4, -0.2) is 30.2 Å². The lowest BCUT2D eigenvalue weighted by molar-refractivity contribution is -0.137. The van der Waals surface area contributed by atoms with Crippen LogP contribution in [0.4, 0.5) is 5.69 Å². The summed E-state index contributed by atoms with van der Waals surface area (Å²) < 4.78 is 11.1. The normalized spacial score (nSPS) is 13.7. The second-order valence-electron chi connectivity index (χ2n) is 6.54. The Morgan fingerprint density at radius 1 is 1.43 bits per heavy atom. The van der Waals surface area contributed by atoms with Gasteiger partial charge < -0.3 is 14.8 Å². The van der Waals surface area contributed by atoms with Crippen LogP contribution in [0, 0.1) is 12.8 Å². The van der Waals surface area contributed by atoms with Gasteiger partial charge in [0.25, 0.3) is 5.91 Å². The fourth-order valence-corrected chi connectivity index (χ4v) is 2.41. The van der Waals surface area contributed by atoms with Gasteiger partial charge in [0.2, 0.25) is 5.88 Å². The summed E-state index contributed by atoms with van der Waals surface area (Å²) in [6, 6.07) is 1.87. The molecule has 0 bridgehead atoms. The molecule has 0 unspecified atom stereocenters. The summed E-state index contributed by atoms with van der Waals surface area (Å²) in [4.78, 5) is 16.8. The van der Waals surface area contributed by atoms with E-state index in [1.807, 2.05) is 19.9 Å². The first kappa shape index (κ1) is 19.4. The maximum Gasteiger partial charge on any atom is 0.256 e. The minimum atomic E-state index is -0.849. The third-order valence-corrected chi connectivity index (χ3v) is 3.75. The number of methoxy groups -OCH3 is 1. The first-order chi connectivity index (χ1) is 10.8. The molecule has 0 aromatic carbocycles. The first-order valence-electron chi connectivity index (χ1n) is 8.28. The summed E-state index contributed by atoms with van der Waals surface area (Å²) in [6.45, 7) is 10.6. The van der Waals surface area contributed by atoms with E-state index in [0.717, 1.165) is 18.4 Å². The van der Waals surface area contributed by atoms with Gasteiger partial charge in [-0.25, -0.2) is 4.98 Å². The number of carbonyl (C=O) groups excluding carboxylic acids is 1. The molecule has 1 N–H and O–H groups in total. The first-order valence-corrected chi connectivity index (χ1v) is 8.28. The van der Waals surface area contributed by atoms with Gasteiger partial charge in [-0.3, -0.25) is 4.79 Å². The van der Waals surface area contributed by atoms with Gasteiger partial charge in [-0.15, -0.1) is 0 Å². The van der Waals surface area contributed by atoms with Gasteiger partial charge in [-0.2, -0.15) is 0 Å². The van der Waals surface area contributed by atoms with Gasteiger partial charge in [0.05, 0.1) is 18.5 Å². The number of aryl methyl sites for hydroxylation is 1. The van der Waals surface area contributed by atoms with Gasteiger partial charge in [0.1, 0.15) is 5.60 Å². The van der Waals surface area contributed by atoms with Crippen molar-refractivity contribution in [3.63, 3.8) is 0 Å². The van der Waals surface area contributed by atoms with E-state index < -0.39 is 5.60 Å². The topological polar surface area (TPSA) is 60.5 Å². The fourth-order valence-electron chi connectivity index (χ4n) is 2.41. The number of rotatable bonds is 9. The van der Waals surface area contributed by atoms with Crippen LogP contribution in [0.3, 0.4) is 0 Å². The zero-order chi connectivity index (χ0) is 17.5. The number of carbonyl (C=O) groups is 1. The van der Waals surface area contributed by atoms with Crippen LogP contribution in [0.15, 0.2) is 12.3 Å². The number of unbranched alkanes of at least 4 members (excludes halogenated alkanes) is 1. The minimum Gasteiger partial charge on any atom is -0.477 e. The predicted molar refractivity (Wildman–Crippen MR) is 92.9 cm³/mol. The number of nitrogens with one attached hydrogen (secondary N) is 1. The summed E-state index contributed by atoms with van der Waals surface area (Å²) >= 11 is 0. The standard InChI is InChI=1S/C18H30N2O3/c1-7-8-9-23-16-14(4)10-15(12-19-16)20-17(21)18(5,22-6)11-13(2)3/h10,12-13H,7-9,11H2,1-6H3,(H,20,21)/t18-/m0/s1. The molecule has 1 aromatic rings. The summed E-state index contributed by atoms with van der Waals surface area (Å²) in [5.41, 5.74) is 0.711. The average molecular weight is 322 g/mol. The lowest BCUT2D eigenvalue weighted by Crippen LogP contribution is -2.43. The Hall–Kier alpha value is -1.62. The highest BCUT2D eigenvalue weighted by atomic mass is 16.5. The summed E-state index contributed by atoms with van der Waals surface area (Å²) in [5, 5.41) is 2.89. The van der Waals surface area contributed by atoms with Crippen LogP contribution >= 0.6 is 0 Å². The molecule has 0 fully saturated rings. The molecule has 5 heteroatoms. The number of pyridine rings is 1. The number of nitrogens with zero attached hydrogens (tertiary/aromatic N) is 1. The van der Waals surface area contributed by atoms with Crippen molar-refractivity contribution >= 4 is 11.6 Å². The van der Waals surface area contributed by atoms with Crippen molar-refractivity contribution < 1.29 is 14.3 Å². The van der Waals surface area contributed by atoms with E-state index in [1.165, 1.54) is 0 Å². The number of ether oxygens (including phenoxy) is 2. The highest BCUT2D eigenvalue weighted by Gasteiger charge is 2.34. The number of hydrogen-bond acceptors (Lipinski definition) is 4. The third-order valence-electron chi connectivity index (χ3n) is 3.75. The van der Waals surface area contributed by atoms with Gasteiger partial charge >= 0.3 is 0 Å². The molecular formula is C18H30N2O3. The second-order valence-corrected chi connectivity index (χ2v) is 6.54. The van der Waals surface area contributed by atoms with E-state index in [0.29, 0.717) is 30.5 Å². The highest BCUT2D eigenvalue weighted by Crippen LogP contribution is 2.24. The van der Waals surface area contributed by atoms with Crippen LogP contribution in [0.1, 0.15) is 52.5 Å². The van der Waals surface area contributed by atoms with Crippen LogP contribution in [0.25, 0.3) is 0 Å². The van der Waals surface area contributed by atoms with E-state index in [-0.39, 0.29) is 5.91 Å². The van der Waals surface area contributed by atoms with Crippen LogP contribution in [0.5, 0.6) is 5.88 Å². The average Bonchev–Trinajstić information content (AvgIpc) is 2.48. The van der Waals surface area contributed by atoms with Gasteiger partial charge in [0.15, 0.2) is 0 Å². The van der Waals surface area contributed by atoms with Gasteiger partial charge in [-0.05, 0) is 38.7 Å². The van der Waals surface area contributed by atoms with Crippen molar-refractivity contribution in [1.82, 2.24) is 4.98 Å². The van der Waals surface area contributed by atoms with Crippen molar-refractivity contribution in [1.29, 1.82) is 0 Å². The highest BCUT2D eigenvalue weighted by molar-refractivity contribution is 5.97. The molecule has 0 saturated heterocycles. The summed E-state index contributed by atoms with van der Waals surface area (Å²) in [5.74, 6) is 0.822. The Morgan fingerprint density at radius 3 is 2.65 bits per heavy atom. The molecule has 1 atom stereocenters. The monoisotopic (exact) mass is 322 g/mol. The molecule has 130 valence electrons. The third kappa shape index (κ3) is 5.82. The molecule has 0 spiro atoms. The van der Waals surface area contributed by atoms with Crippen molar-refractivity contribution in [3.8, 4) is 5.88 Å². The maximum absolute atomic E-state index is 12.5. The fraction of sp³-hybridized carbons (Fsp3) is 0.667. The summed E-state index contributed by atoms with van der Waals surface area (Å²) in [6.07, 6.45) is 4.36. The number of hydrogen-bond donors (Lipinski definition) is 1. The van der Waals surface area contributed by atoms with Crippen molar-refractivity contribution in [3.05, 3.63) is 17.8 Å². The molecule has 23 heavy (non-hydrogen) atoms. The Balaban J connectivity index is 2.76. The molecule has 1 rings (SSSR count). The molecular weight excluding hydrogens is 292 g/mol. The van der Waals surface area contributed by atoms with Crippen LogP contribution in [-0.2, 0) is 9.53 Å². The second kappa shape index (κ2) is 8.87. The molecule has 1 aromatic heterocycles. The maximum atomic E-state index is 12.5. The summed E-state index contributed by atoms with van der Waals surface area (Å²) in [7, 11) is 1.57. The van der Waals surface area contributed by atoms with Crippen LogP contribution in [0.2, 0.25) is 0 Å². The van der Waals surface area contributed by atoms with Gasteiger partial charge in [-0.1, -0.05) is 27.2 Å². The quantitative estimate of drug-likeness (QED) is 0.699. The van der Waals surface area contributed by atoms with E-state index in [2.05, 4.69) is 31.1 Å². The van der Waals surface area contributed by atoms with Crippen molar-refractivity contribution in [2.45, 2.75) is 59.5 Å². The Bertz CT molecular complexity index is 517. The molecule has 0 aliphatic rings. The molecule has 0 saturated carbocycles. The molecule has 0 aliphatic heterocycles.